The summed E-state index contributed by atoms with van der Waals surface area (Å²) in [6, 6.07) is 17.6. The van der Waals surface area contributed by atoms with Crippen LogP contribution in [-0.4, -0.2) is 33.8 Å². The first-order valence-electron chi connectivity index (χ1n) is 12.3. The fourth-order valence-electron chi connectivity index (χ4n) is 4.85. The molecule has 1 saturated heterocycles. The van der Waals surface area contributed by atoms with Gasteiger partial charge in [-0.2, -0.15) is 0 Å². The van der Waals surface area contributed by atoms with Gasteiger partial charge in [-0.1, -0.05) is 30.0 Å². The lowest BCUT2D eigenvalue weighted by molar-refractivity contribution is -0.117. The molecule has 0 spiro atoms. The van der Waals surface area contributed by atoms with E-state index in [9.17, 15) is 9.59 Å². The molecule has 7 rings (SSSR count). The van der Waals surface area contributed by atoms with Crippen molar-refractivity contribution in [2.24, 2.45) is 0 Å². The summed E-state index contributed by atoms with van der Waals surface area (Å²) in [5, 5.41) is 1.53. The maximum atomic E-state index is 13.8. The van der Waals surface area contributed by atoms with Crippen LogP contribution < -0.4 is 19.9 Å². The molecule has 1 fully saturated rings. The minimum absolute atomic E-state index is 0.0824. The molecule has 1 amide bonds. The highest BCUT2D eigenvalue weighted by Gasteiger charge is 2.22. The first kappa shape index (κ1) is 23.2. The number of carbonyl (C=O) groups is 1. The third kappa shape index (κ3) is 4.10. The molecule has 0 unspecified atom stereocenters. The monoisotopic (exact) mass is 542 g/mol. The molecule has 0 atom stereocenters. The highest BCUT2D eigenvalue weighted by Crippen LogP contribution is 2.34. The Morgan fingerprint density at radius 2 is 1.84 bits per heavy atom. The van der Waals surface area contributed by atoms with Gasteiger partial charge in [0.2, 0.25) is 12.7 Å². The molecular weight excluding hydrogens is 520 g/mol. The fourth-order valence-corrected chi connectivity index (χ4v) is 6.83. The number of nitrogens with zero attached hydrogens (tertiary/aromatic N) is 4. The highest BCUT2D eigenvalue weighted by atomic mass is 32.2. The molecule has 3 aromatic heterocycles. The average Bonchev–Trinajstić information content (AvgIpc) is 3.68. The number of hydrogen-bond acceptors (Lipinski definition) is 8. The van der Waals surface area contributed by atoms with Crippen LogP contribution in [0, 0.1) is 0 Å². The van der Waals surface area contributed by atoms with Gasteiger partial charge in [0.1, 0.15) is 9.53 Å². The number of thioether (sulfide) groups is 1. The van der Waals surface area contributed by atoms with E-state index in [0.717, 1.165) is 40.0 Å². The quantitative estimate of drug-likeness (QED) is 0.215. The summed E-state index contributed by atoms with van der Waals surface area (Å²) >= 11 is 2.90. The summed E-state index contributed by atoms with van der Waals surface area (Å²) in [5.41, 5.74) is 3.55. The second-order valence-corrected chi connectivity index (χ2v) is 11.2. The van der Waals surface area contributed by atoms with E-state index in [1.54, 1.807) is 10.8 Å². The van der Waals surface area contributed by atoms with E-state index in [1.165, 1.54) is 23.1 Å². The molecule has 190 valence electrons. The van der Waals surface area contributed by atoms with E-state index >= 15 is 0 Å². The predicted molar refractivity (Wildman–Crippen MR) is 148 cm³/mol. The first-order valence-corrected chi connectivity index (χ1v) is 14.1. The lowest BCUT2D eigenvalue weighted by Crippen LogP contribution is -2.23. The molecular formula is C28H22N4O4S2. The number of anilines is 1. The standard InChI is InChI=1S/C28H22N4O4S2/c33-23-4-2-12-31(23)19-8-5-17(6-9-19)15-37-28-30-24-20-3-1-11-29-26(20)38-25(24)27(34)32(28)14-18-7-10-21-22(13-18)36-16-35-21/h1,3,5-11,13H,2,4,12,14-16H2. The van der Waals surface area contributed by atoms with Crippen molar-refractivity contribution in [3.8, 4) is 11.5 Å². The lowest BCUT2D eigenvalue weighted by atomic mass is 10.2. The number of pyridine rings is 1. The highest BCUT2D eigenvalue weighted by molar-refractivity contribution is 7.98. The van der Waals surface area contributed by atoms with Gasteiger partial charge in [-0.3, -0.25) is 14.2 Å². The van der Waals surface area contributed by atoms with E-state index in [1.807, 2.05) is 59.5 Å². The van der Waals surface area contributed by atoms with Crippen LogP contribution >= 0.6 is 23.1 Å². The molecule has 2 aromatic carbocycles. The number of benzene rings is 2. The van der Waals surface area contributed by atoms with Crippen molar-refractivity contribution in [1.29, 1.82) is 0 Å². The Labute approximate surface area is 225 Å². The normalized spacial score (nSPS) is 14.7. The van der Waals surface area contributed by atoms with Crippen LogP contribution in [0.3, 0.4) is 0 Å². The van der Waals surface area contributed by atoms with Gasteiger partial charge in [-0.25, -0.2) is 9.97 Å². The van der Waals surface area contributed by atoms with Gasteiger partial charge in [0.15, 0.2) is 16.7 Å². The van der Waals surface area contributed by atoms with Gasteiger partial charge >= 0.3 is 0 Å². The van der Waals surface area contributed by atoms with E-state index < -0.39 is 0 Å². The molecule has 5 heterocycles. The maximum absolute atomic E-state index is 13.8. The molecule has 0 saturated carbocycles. The molecule has 0 aliphatic carbocycles. The molecule has 5 aromatic rings. The lowest BCUT2D eigenvalue weighted by Gasteiger charge is -2.16. The summed E-state index contributed by atoms with van der Waals surface area (Å²) in [6.07, 6.45) is 3.25. The van der Waals surface area contributed by atoms with E-state index in [0.29, 0.717) is 45.6 Å². The van der Waals surface area contributed by atoms with Gasteiger partial charge in [0.05, 0.1) is 12.1 Å². The van der Waals surface area contributed by atoms with Crippen LogP contribution in [0.5, 0.6) is 11.5 Å². The Bertz CT molecular complexity index is 1760. The second kappa shape index (κ2) is 9.45. The van der Waals surface area contributed by atoms with Crippen molar-refractivity contribution >= 4 is 55.1 Å². The van der Waals surface area contributed by atoms with Crippen LogP contribution in [0.4, 0.5) is 5.69 Å². The van der Waals surface area contributed by atoms with Gasteiger partial charge < -0.3 is 14.4 Å². The number of amides is 1. The van der Waals surface area contributed by atoms with Gasteiger partial charge in [0.25, 0.3) is 5.56 Å². The zero-order valence-electron chi connectivity index (χ0n) is 20.3. The van der Waals surface area contributed by atoms with Gasteiger partial charge in [-0.05, 0) is 53.9 Å². The van der Waals surface area contributed by atoms with Crippen LogP contribution in [-0.2, 0) is 17.1 Å². The molecule has 0 N–H and O–H groups in total. The number of ether oxygens (including phenoxy) is 2. The largest absolute Gasteiger partial charge is 0.454 e. The van der Waals surface area contributed by atoms with Crippen LogP contribution in [0.25, 0.3) is 20.4 Å². The van der Waals surface area contributed by atoms with E-state index in [2.05, 4.69) is 4.98 Å². The number of fused-ring (bicyclic) bond motifs is 4. The molecule has 38 heavy (non-hydrogen) atoms. The Balaban J connectivity index is 1.24. The molecule has 2 aliphatic rings. The molecule has 0 radical (unpaired) electrons. The summed E-state index contributed by atoms with van der Waals surface area (Å²) in [7, 11) is 0. The van der Waals surface area contributed by atoms with Crippen LogP contribution in [0.15, 0.2) is 70.7 Å². The Hall–Kier alpha value is -3.89. The SMILES string of the molecule is O=C1CCCN1c1ccc(CSc2nc3c(sc4ncccc43)c(=O)n2Cc2ccc3c(c2)OCO3)cc1. The Kier molecular flexibility index (Phi) is 5.78. The number of carbonyl (C=O) groups excluding carboxylic acids is 1. The van der Waals surface area contributed by atoms with Crippen molar-refractivity contribution in [1.82, 2.24) is 14.5 Å². The third-order valence-electron chi connectivity index (χ3n) is 6.78. The van der Waals surface area contributed by atoms with Gasteiger partial charge in [0, 0.05) is 36.0 Å². The van der Waals surface area contributed by atoms with E-state index in [-0.39, 0.29) is 18.3 Å². The number of thiophene rings is 1. The molecule has 10 heteroatoms. The minimum atomic E-state index is -0.0824. The third-order valence-corrected chi connectivity index (χ3v) is 8.92. The van der Waals surface area contributed by atoms with Crippen LogP contribution in [0.1, 0.15) is 24.0 Å². The Morgan fingerprint density at radius 3 is 2.68 bits per heavy atom. The first-order chi connectivity index (χ1) is 18.6. The van der Waals surface area contributed by atoms with Crippen molar-refractivity contribution in [3.05, 3.63) is 82.3 Å². The molecule has 8 nitrogen and oxygen atoms in total. The summed E-state index contributed by atoms with van der Waals surface area (Å²) in [6.45, 7) is 1.33. The van der Waals surface area contributed by atoms with Crippen molar-refractivity contribution in [2.75, 3.05) is 18.2 Å². The zero-order valence-corrected chi connectivity index (χ0v) is 21.9. The minimum Gasteiger partial charge on any atom is -0.454 e. The average molecular weight is 543 g/mol. The van der Waals surface area contributed by atoms with Gasteiger partial charge in [-0.15, -0.1) is 11.3 Å². The van der Waals surface area contributed by atoms with Crippen LogP contribution in [0.2, 0.25) is 0 Å². The summed E-state index contributed by atoms with van der Waals surface area (Å²) in [5.74, 6) is 2.20. The summed E-state index contributed by atoms with van der Waals surface area (Å²) < 4.78 is 13.3. The number of rotatable bonds is 6. The smallest absolute Gasteiger partial charge is 0.272 e. The Morgan fingerprint density at radius 1 is 1.00 bits per heavy atom. The molecule has 2 aliphatic heterocycles. The van der Waals surface area contributed by atoms with E-state index in [4.69, 9.17) is 14.5 Å². The second-order valence-electron chi connectivity index (χ2n) is 9.21. The number of aromatic nitrogens is 3. The van der Waals surface area contributed by atoms with Crippen molar-refractivity contribution in [2.45, 2.75) is 30.3 Å². The predicted octanol–water partition coefficient (Wildman–Crippen LogP) is 5.20. The molecule has 0 bridgehead atoms. The summed E-state index contributed by atoms with van der Waals surface area (Å²) in [4.78, 5) is 38.0. The van der Waals surface area contributed by atoms with Crippen molar-refractivity contribution < 1.29 is 14.3 Å². The fraction of sp³-hybridized carbons (Fsp3) is 0.214. The van der Waals surface area contributed by atoms with Crippen molar-refractivity contribution in [3.63, 3.8) is 0 Å². The number of hydrogen-bond donors (Lipinski definition) is 0. The zero-order chi connectivity index (χ0) is 25.6. The maximum Gasteiger partial charge on any atom is 0.272 e. The topological polar surface area (TPSA) is 86.6 Å².